The van der Waals surface area contributed by atoms with Crippen molar-refractivity contribution in [1.29, 1.82) is 0 Å². The summed E-state index contributed by atoms with van der Waals surface area (Å²) in [4.78, 5) is 0. The van der Waals surface area contributed by atoms with Gasteiger partial charge in [0.1, 0.15) is 0 Å². The minimum absolute atomic E-state index is 0.459. The van der Waals surface area contributed by atoms with Crippen LogP contribution in [0.3, 0.4) is 0 Å². The monoisotopic (exact) mass is 245 g/mol. The van der Waals surface area contributed by atoms with Crippen LogP contribution >= 0.6 is 0 Å². The van der Waals surface area contributed by atoms with Crippen LogP contribution < -0.4 is 5.32 Å². The highest BCUT2D eigenvalue weighted by atomic mass is 14.9. The summed E-state index contributed by atoms with van der Waals surface area (Å²) in [6, 6.07) is 5.12. The molecule has 0 amide bonds. The van der Waals surface area contributed by atoms with E-state index in [0.29, 0.717) is 11.5 Å². The molecule has 0 aromatic heterocycles. The molecular formula is C17H27N. The van der Waals surface area contributed by atoms with Crippen LogP contribution in [0.1, 0.15) is 55.5 Å². The molecule has 0 heterocycles. The molecule has 0 spiro atoms. The van der Waals surface area contributed by atoms with Crippen LogP contribution in [0.15, 0.2) is 12.1 Å². The summed E-state index contributed by atoms with van der Waals surface area (Å²) in [5.41, 5.74) is 6.23. The van der Waals surface area contributed by atoms with Crippen molar-refractivity contribution in [3.63, 3.8) is 0 Å². The Morgan fingerprint density at radius 3 is 2.28 bits per heavy atom. The van der Waals surface area contributed by atoms with Gasteiger partial charge in [0.2, 0.25) is 0 Å². The first kappa shape index (κ1) is 13.6. The number of aryl methyl sites for hydroxylation is 3. The first-order valence-corrected chi connectivity index (χ1v) is 7.12. The molecule has 1 aromatic rings. The molecule has 1 heteroatoms. The van der Waals surface area contributed by atoms with Gasteiger partial charge in [-0.3, -0.25) is 0 Å². The predicted molar refractivity (Wildman–Crippen MR) is 79.0 cm³/mol. The van der Waals surface area contributed by atoms with E-state index in [-0.39, 0.29) is 0 Å². The largest absolute Gasteiger partial charge is 0.310 e. The number of nitrogens with one attached hydrogen (secondary N) is 1. The summed E-state index contributed by atoms with van der Waals surface area (Å²) in [5.74, 6) is 0.867. The second-order valence-electron chi connectivity index (χ2n) is 6.81. The Morgan fingerprint density at radius 1 is 1.17 bits per heavy atom. The van der Waals surface area contributed by atoms with Crippen LogP contribution in [0.2, 0.25) is 0 Å². The van der Waals surface area contributed by atoms with Gasteiger partial charge in [-0.25, -0.2) is 0 Å². The Bertz CT molecular complexity index is 445. The fourth-order valence-electron chi connectivity index (χ4n) is 2.80. The van der Waals surface area contributed by atoms with Crippen molar-refractivity contribution in [1.82, 2.24) is 5.32 Å². The molecule has 1 N–H and O–H groups in total. The third-order valence-electron chi connectivity index (χ3n) is 4.74. The Balaban J connectivity index is 2.00. The van der Waals surface area contributed by atoms with Crippen molar-refractivity contribution < 1.29 is 0 Å². The summed E-state index contributed by atoms with van der Waals surface area (Å²) in [5, 5.41) is 3.70. The van der Waals surface area contributed by atoms with Crippen LogP contribution in [0.25, 0.3) is 0 Å². The normalized spacial score (nSPS) is 22.9. The number of hydrogen-bond acceptors (Lipinski definition) is 1. The van der Waals surface area contributed by atoms with Gasteiger partial charge in [0.25, 0.3) is 0 Å². The summed E-state index contributed by atoms with van der Waals surface area (Å²) < 4.78 is 0. The Labute approximate surface area is 112 Å². The quantitative estimate of drug-likeness (QED) is 0.833. The molecule has 0 aliphatic heterocycles. The molecule has 100 valence electrons. The molecule has 0 radical (unpaired) electrons. The minimum atomic E-state index is 0.459. The number of rotatable bonds is 4. The highest BCUT2D eigenvalue weighted by Gasteiger charge is 2.44. The van der Waals surface area contributed by atoms with E-state index in [1.54, 1.807) is 0 Å². The summed E-state index contributed by atoms with van der Waals surface area (Å²) in [7, 11) is 0. The van der Waals surface area contributed by atoms with E-state index in [0.717, 1.165) is 12.5 Å². The van der Waals surface area contributed by atoms with Gasteiger partial charge in [0.05, 0.1) is 0 Å². The number of benzene rings is 1. The highest BCUT2D eigenvalue weighted by Crippen LogP contribution is 2.51. The zero-order chi connectivity index (χ0) is 13.5. The molecule has 18 heavy (non-hydrogen) atoms. The molecule has 2 unspecified atom stereocenters. The third kappa shape index (κ3) is 2.77. The van der Waals surface area contributed by atoms with Gasteiger partial charge in [-0.15, -0.1) is 0 Å². The van der Waals surface area contributed by atoms with Crippen LogP contribution in [0.5, 0.6) is 0 Å². The van der Waals surface area contributed by atoms with Gasteiger partial charge in [-0.1, -0.05) is 26.0 Å². The Hall–Kier alpha value is -0.820. The summed E-state index contributed by atoms with van der Waals surface area (Å²) >= 11 is 0. The van der Waals surface area contributed by atoms with Gasteiger partial charge >= 0.3 is 0 Å². The first-order chi connectivity index (χ1) is 8.31. The van der Waals surface area contributed by atoms with Crippen LogP contribution in [-0.4, -0.2) is 6.54 Å². The second kappa shape index (κ2) is 4.70. The SMILES string of the molecule is Cc1cc(C)c(C(C)NCC2CC2(C)C)cc1C. The van der Waals surface area contributed by atoms with E-state index in [4.69, 9.17) is 0 Å². The van der Waals surface area contributed by atoms with Gasteiger partial charge in [-0.2, -0.15) is 0 Å². The van der Waals surface area contributed by atoms with E-state index in [1.807, 2.05) is 0 Å². The molecule has 2 rings (SSSR count). The highest BCUT2D eigenvalue weighted by molar-refractivity contribution is 5.38. The maximum Gasteiger partial charge on any atom is 0.0294 e. The standard InChI is InChI=1S/C17H27N/c1-11-7-13(3)16(8-12(11)2)14(4)18-10-15-9-17(15,5)6/h7-8,14-15,18H,9-10H2,1-6H3. The van der Waals surface area contributed by atoms with Crippen molar-refractivity contribution in [2.45, 2.75) is 54.0 Å². The number of hydrogen-bond donors (Lipinski definition) is 1. The maximum atomic E-state index is 3.70. The maximum absolute atomic E-state index is 3.70. The van der Waals surface area contributed by atoms with Crippen LogP contribution in [0.4, 0.5) is 0 Å². The minimum Gasteiger partial charge on any atom is -0.310 e. The van der Waals surface area contributed by atoms with Crippen molar-refractivity contribution in [3.05, 3.63) is 34.4 Å². The van der Waals surface area contributed by atoms with E-state index in [1.165, 1.54) is 28.7 Å². The Morgan fingerprint density at radius 2 is 1.72 bits per heavy atom. The lowest BCUT2D eigenvalue weighted by molar-refractivity contribution is 0.484. The molecule has 2 atom stereocenters. The molecule has 0 saturated heterocycles. The molecular weight excluding hydrogens is 218 g/mol. The lowest BCUT2D eigenvalue weighted by Crippen LogP contribution is -2.23. The van der Waals surface area contributed by atoms with Gasteiger partial charge in [0, 0.05) is 6.04 Å². The fraction of sp³-hybridized carbons (Fsp3) is 0.647. The van der Waals surface area contributed by atoms with Crippen LogP contribution in [0, 0.1) is 32.1 Å². The average molecular weight is 245 g/mol. The first-order valence-electron chi connectivity index (χ1n) is 7.12. The lowest BCUT2D eigenvalue weighted by Gasteiger charge is -2.19. The smallest absolute Gasteiger partial charge is 0.0294 e. The predicted octanol–water partition coefficient (Wildman–Crippen LogP) is 4.31. The summed E-state index contributed by atoms with van der Waals surface area (Å²) in [6.45, 7) is 14.8. The molecule has 1 saturated carbocycles. The van der Waals surface area contributed by atoms with Crippen LogP contribution in [-0.2, 0) is 0 Å². The van der Waals surface area contributed by atoms with Crippen molar-refractivity contribution in [3.8, 4) is 0 Å². The average Bonchev–Trinajstić information content (AvgIpc) is 2.88. The molecule has 1 aromatic carbocycles. The van der Waals surface area contributed by atoms with E-state index in [9.17, 15) is 0 Å². The zero-order valence-electron chi connectivity index (χ0n) is 12.7. The van der Waals surface area contributed by atoms with Gasteiger partial charge in [0.15, 0.2) is 0 Å². The van der Waals surface area contributed by atoms with E-state index >= 15 is 0 Å². The van der Waals surface area contributed by atoms with Crippen molar-refractivity contribution in [2.24, 2.45) is 11.3 Å². The molecule has 1 fully saturated rings. The van der Waals surface area contributed by atoms with Crippen molar-refractivity contribution >= 4 is 0 Å². The van der Waals surface area contributed by atoms with E-state index < -0.39 is 0 Å². The molecule has 0 bridgehead atoms. The van der Waals surface area contributed by atoms with E-state index in [2.05, 4.69) is 59.0 Å². The van der Waals surface area contributed by atoms with Crippen molar-refractivity contribution in [2.75, 3.05) is 6.54 Å². The Kier molecular flexibility index (Phi) is 3.55. The van der Waals surface area contributed by atoms with Gasteiger partial charge in [-0.05, 0) is 74.2 Å². The topological polar surface area (TPSA) is 12.0 Å². The van der Waals surface area contributed by atoms with Gasteiger partial charge < -0.3 is 5.32 Å². The fourth-order valence-corrected chi connectivity index (χ4v) is 2.80. The zero-order valence-corrected chi connectivity index (χ0v) is 12.7. The second-order valence-corrected chi connectivity index (χ2v) is 6.81. The lowest BCUT2D eigenvalue weighted by atomic mass is 9.96. The molecule has 1 aliphatic rings. The molecule has 1 nitrogen and oxygen atoms in total. The summed E-state index contributed by atoms with van der Waals surface area (Å²) in [6.07, 6.45) is 1.37. The molecule has 1 aliphatic carbocycles. The third-order valence-corrected chi connectivity index (χ3v) is 4.74.